The zero-order valence-corrected chi connectivity index (χ0v) is 11.1. The number of hydrogen-bond acceptors (Lipinski definition) is 6. The van der Waals surface area contributed by atoms with Crippen LogP contribution < -0.4 is 9.47 Å². The SMILES string of the molecule is CCc1nnc(COc2ccc(OC)cc2C(=O)O)o1. The van der Waals surface area contributed by atoms with E-state index in [1.54, 1.807) is 6.07 Å². The fourth-order valence-corrected chi connectivity index (χ4v) is 1.56. The van der Waals surface area contributed by atoms with Gasteiger partial charge >= 0.3 is 5.97 Å². The number of methoxy groups -OCH3 is 1. The predicted octanol–water partition coefficient (Wildman–Crippen LogP) is 1.92. The van der Waals surface area contributed by atoms with Crippen LogP contribution in [0.4, 0.5) is 0 Å². The molecule has 0 aliphatic heterocycles. The van der Waals surface area contributed by atoms with E-state index in [4.69, 9.17) is 19.0 Å². The minimum atomic E-state index is -1.10. The molecule has 0 saturated carbocycles. The van der Waals surface area contributed by atoms with Crippen LogP contribution in [-0.4, -0.2) is 28.4 Å². The maximum absolute atomic E-state index is 11.2. The van der Waals surface area contributed by atoms with Gasteiger partial charge < -0.3 is 19.0 Å². The van der Waals surface area contributed by atoms with Crippen LogP contribution in [0.3, 0.4) is 0 Å². The minimum absolute atomic E-state index is 0.0135. The van der Waals surface area contributed by atoms with Crippen LogP contribution in [0.2, 0.25) is 0 Å². The molecule has 0 bridgehead atoms. The average molecular weight is 278 g/mol. The van der Waals surface area contributed by atoms with Crippen LogP contribution in [0.1, 0.15) is 29.1 Å². The van der Waals surface area contributed by atoms with E-state index in [0.717, 1.165) is 0 Å². The van der Waals surface area contributed by atoms with Gasteiger partial charge in [-0.1, -0.05) is 6.92 Å². The molecule has 0 radical (unpaired) electrons. The summed E-state index contributed by atoms with van der Waals surface area (Å²) in [6.07, 6.45) is 0.635. The highest BCUT2D eigenvalue weighted by atomic mass is 16.5. The van der Waals surface area contributed by atoms with Gasteiger partial charge in [-0.25, -0.2) is 4.79 Å². The Morgan fingerprint density at radius 1 is 1.35 bits per heavy atom. The molecule has 0 aliphatic carbocycles. The zero-order valence-electron chi connectivity index (χ0n) is 11.1. The smallest absolute Gasteiger partial charge is 0.339 e. The number of hydrogen-bond donors (Lipinski definition) is 1. The standard InChI is InChI=1S/C13H14N2O5/c1-3-11-14-15-12(20-11)7-19-10-5-4-8(18-2)6-9(10)13(16)17/h4-6H,3,7H2,1-2H3,(H,16,17). The molecule has 1 aromatic heterocycles. The molecule has 0 saturated heterocycles. The number of aromatic nitrogens is 2. The van der Waals surface area contributed by atoms with Gasteiger partial charge in [0.05, 0.1) is 7.11 Å². The third-order valence-electron chi connectivity index (χ3n) is 2.58. The van der Waals surface area contributed by atoms with Crippen molar-refractivity contribution in [3.63, 3.8) is 0 Å². The first-order valence-electron chi connectivity index (χ1n) is 5.99. The quantitative estimate of drug-likeness (QED) is 0.862. The highest BCUT2D eigenvalue weighted by Gasteiger charge is 2.14. The van der Waals surface area contributed by atoms with Crippen LogP contribution in [0.25, 0.3) is 0 Å². The van der Waals surface area contributed by atoms with Crippen molar-refractivity contribution >= 4 is 5.97 Å². The van der Waals surface area contributed by atoms with Gasteiger partial charge in [-0.05, 0) is 18.2 Å². The van der Waals surface area contributed by atoms with Crippen molar-refractivity contribution in [1.82, 2.24) is 10.2 Å². The van der Waals surface area contributed by atoms with Gasteiger partial charge in [0.25, 0.3) is 5.89 Å². The molecular weight excluding hydrogens is 264 g/mol. The fraction of sp³-hybridized carbons (Fsp3) is 0.308. The lowest BCUT2D eigenvalue weighted by molar-refractivity contribution is 0.0690. The van der Waals surface area contributed by atoms with E-state index >= 15 is 0 Å². The predicted molar refractivity (Wildman–Crippen MR) is 68.0 cm³/mol. The number of carboxylic acids is 1. The Bertz CT molecular complexity index is 609. The molecule has 0 amide bonds. The van der Waals surface area contributed by atoms with Crippen LogP contribution in [0.15, 0.2) is 22.6 Å². The fourth-order valence-electron chi connectivity index (χ4n) is 1.56. The van der Waals surface area contributed by atoms with Crippen molar-refractivity contribution in [2.24, 2.45) is 0 Å². The number of aromatic carboxylic acids is 1. The van der Waals surface area contributed by atoms with E-state index in [9.17, 15) is 4.79 Å². The molecule has 7 nitrogen and oxygen atoms in total. The number of nitrogens with zero attached hydrogens (tertiary/aromatic N) is 2. The van der Waals surface area contributed by atoms with Gasteiger partial charge in [0.15, 0.2) is 6.61 Å². The molecule has 1 aromatic carbocycles. The molecule has 20 heavy (non-hydrogen) atoms. The number of rotatable bonds is 6. The average Bonchev–Trinajstić information content (AvgIpc) is 2.92. The van der Waals surface area contributed by atoms with Crippen molar-refractivity contribution < 1.29 is 23.8 Å². The van der Waals surface area contributed by atoms with E-state index < -0.39 is 5.97 Å². The lowest BCUT2D eigenvalue weighted by Crippen LogP contribution is -2.04. The first kappa shape index (κ1) is 13.9. The maximum Gasteiger partial charge on any atom is 0.339 e. The number of aryl methyl sites for hydroxylation is 1. The molecule has 2 aromatic rings. The molecule has 1 heterocycles. The molecule has 2 rings (SSSR count). The summed E-state index contributed by atoms with van der Waals surface area (Å²) in [5.41, 5.74) is 0.0135. The summed E-state index contributed by atoms with van der Waals surface area (Å²) in [6, 6.07) is 4.54. The summed E-state index contributed by atoms with van der Waals surface area (Å²) < 4.78 is 15.7. The zero-order chi connectivity index (χ0) is 14.5. The Morgan fingerprint density at radius 2 is 2.10 bits per heavy atom. The summed E-state index contributed by atoms with van der Waals surface area (Å²) in [4.78, 5) is 11.2. The number of benzene rings is 1. The van der Waals surface area contributed by atoms with Gasteiger partial charge in [0, 0.05) is 6.42 Å². The van der Waals surface area contributed by atoms with Gasteiger partial charge in [0.2, 0.25) is 5.89 Å². The number of carbonyl (C=O) groups is 1. The number of carboxylic acid groups (broad SMARTS) is 1. The van der Waals surface area contributed by atoms with E-state index in [0.29, 0.717) is 24.0 Å². The van der Waals surface area contributed by atoms with Crippen LogP contribution >= 0.6 is 0 Å². The van der Waals surface area contributed by atoms with Gasteiger partial charge in [0.1, 0.15) is 17.1 Å². The second-order valence-electron chi connectivity index (χ2n) is 3.90. The lowest BCUT2D eigenvalue weighted by atomic mass is 10.2. The Labute approximate surface area is 115 Å². The number of ether oxygens (including phenoxy) is 2. The lowest BCUT2D eigenvalue weighted by Gasteiger charge is -2.08. The Balaban J connectivity index is 2.14. The Kier molecular flexibility index (Phi) is 4.19. The van der Waals surface area contributed by atoms with Crippen LogP contribution in [0, 0.1) is 0 Å². The molecule has 0 fully saturated rings. The largest absolute Gasteiger partial charge is 0.497 e. The second-order valence-corrected chi connectivity index (χ2v) is 3.90. The van der Waals surface area contributed by atoms with E-state index in [1.807, 2.05) is 6.92 Å². The molecule has 0 atom stereocenters. The highest BCUT2D eigenvalue weighted by molar-refractivity contribution is 5.91. The Morgan fingerprint density at radius 3 is 2.70 bits per heavy atom. The van der Waals surface area contributed by atoms with Crippen molar-refractivity contribution in [2.75, 3.05) is 7.11 Å². The summed E-state index contributed by atoms with van der Waals surface area (Å²) in [6.45, 7) is 1.91. The Hall–Kier alpha value is -2.57. The van der Waals surface area contributed by atoms with Crippen molar-refractivity contribution in [3.8, 4) is 11.5 Å². The first-order valence-corrected chi connectivity index (χ1v) is 5.99. The van der Waals surface area contributed by atoms with Crippen molar-refractivity contribution in [1.29, 1.82) is 0 Å². The maximum atomic E-state index is 11.2. The second kappa shape index (κ2) is 6.05. The molecule has 7 heteroatoms. The third-order valence-corrected chi connectivity index (χ3v) is 2.58. The van der Waals surface area contributed by atoms with E-state index in [-0.39, 0.29) is 17.9 Å². The molecular formula is C13H14N2O5. The monoisotopic (exact) mass is 278 g/mol. The van der Waals surface area contributed by atoms with Gasteiger partial charge in [-0.15, -0.1) is 10.2 Å². The van der Waals surface area contributed by atoms with Crippen LogP contribution in [0.5, 0.6) is 11.5 Å². The van der Waals surface area contributed by atoms with Gasteiger partial charge in [-0.3, -0.25) is 0 Å². The van der Waals surface area contributed by atoms with Crippen molar-refractivity contribution in [2.45, 2.75) is 20.0 Å². The van der Waals surface area contributed by atoms with E-state index in [2.05, 4.69) is 10.2 Å². The summed E-state index contributed by atoms with van der Waals surface area (Å²) >= 11 is 0. The normalized spacial score (nSPS) is 10.3. The highest BCUT2D eigenvalue weighted by Crippen LogP contribution is 2.25. The summed E-state index contributed by atoms with van der Waals surface area (Å²) in [7, 11) is 1.46. The first-order chi connectivity index (χ1) is 9.63. The minimum Gasteiger partial charge on any atom is -0.497 e. The van der Waals surface area contributed by atoms with E-state index in [1.165, 1.54) is 19.2 Å². The van der Waals surface area contributed by atoms with Gasteiger partial charge in [-0.2, -0.15) is 0 Å². The molecule has 106 valence electrons. The van der Waals surface area contributed by atoms with Crippen LogP contribution in [-0.2, 0) is 13.0 Å². The topological polar surface area (TPSA) is 94.7 Å². The molecule has 0 spiro atoms. The molecule has 0 aliphatic rings. The molecule has 0 unspecified atom stereocenters. The summed E-state index contributed by atoms with van der Waals surface area (Å²) in [5, 5.41) is 16.7. The van der Waals surface area contributed by atoms with Crippen molar-refractivity contribution in [3.05, 3.63) is 35.5 Å². The summed E-state index contributed by atoms with van der Waals surface area (Å²) in [5.74, 6) is 0.375. The third kappa shape index (κ3) is 3.05. The molecule has 1 N–H and O–H groups in total.